The zero-order chi connectivity index (χ0) is 16.4. The Bertz CT molecular complexity index is 393. The van der Waals surface area contributed by atoms with E-state index in [1.165, 1.54) is 24.3 Å². The molecular weight excluding hydrogens is 296 g/mol. The minimum atomic E-state index is -0.437. The number of carbonyl (C=O) groups is 1. The molecule has 1 amide bonds. The highest BCUT2D eigenvalue weighted by molar-refractivity contribution is 7.99. The average molecular weight is 329 g/mol. The Morgan fingerprint density at radius 1 is 1.23 bits per heavy atom. The molecule has 2 N–H and O–H groups in total. The summed E-state index contributed by atoms with van der Waals surface area (Å²) in [5.41, 5.74) is -0.0993. The summed E-state index contributed by atoms with van der Waals surface area (Å²) in [4.78, 5) is 12.0. The molecule has 0 aromatic heterocycles. The molecule has 2 aliphatic rings. The summed E-state index contributed by atoms with van der Waals surface area (Å²) in [6.45, 7) is 10.4. The van der Waals surface area contributed by atoms with Gasteiger partial charge in [-0.25, -0.2) is 4.79 Å². The van der Waals surface area contributed by atoms with Gasteiger partial charge >= 0.3 is 6.09 Å². The van der Waals surface area contributed by atoms with Gasteiger partial charge < -0.3 is 15.4 Å². The van der Waals surface area contributed by atoms with E-state index in [1.54, 1.807) is 0 Å². The second-order valence-corrected chi connectivity index (χ2v) is 9.47. The fourth-order valence-electron chi connectivity index (χ4n) is 3.26. The van der Waals surface area contributed by atoms with E-state index in [0.717, 1.165) is 12.8 Å². The highest BCUT2D eigenvalue weighted by Gasteiger charge is 2.37. The van der Waals surface area contributed by atoms with Gasteiger partial charge in [0.2, 0.25) is 0 Å². The molecule has 0 aromatic carbocycles. The number of rotatable bonds is 3. The Labute approximate surface area is 139 Å². The summed E-state index contributed by atoms with van der Waals surface area (Å²) in [7, 11) is 0. The smallest absolute Gasteiger partial charge is 0.407 e. The molecule has 2 rings (SSSR count). The topological polar surface area (TPSA) is 50.4 Å². The van der Waals surface area contributed by atoms with Gasteiger partial charge in [-0.05, 0) is 57.6 Å². The zero-order valence-electron chi connectivity index (χ0n) is 14.7. The zero-order valence-corrected chi connectivity index (χ0v) is 15.5. The van der Waals surface area contributed by atoms with E-state index in [1.807, 2.05) is 32.5 Å². The van der Waals surface area contributed by atoms with Crippen LogP contribution in [0.4, 0.5) is 4.79 Å². The minimum absolute atomic E-state index is 0.192. The van der Waals surface area contributed by atoms with Crippen LogP contribution in [0.2, 0.25) is 0 Å². The van der Waals surface area contributed by atoms with E-state index in [2.05, 4.69) is 24.5 Å². The standard InChI is InChI=1S/C17H32N2O2S/c1-16(2,3)21-15(20)19-13-8-6-7-12(13)18-14-11-22-10-9-17(14,4)5/h12-14,18H,6-11H2,1-5H3,(H,19,20). The van der Waals surface area contributed by atoms with Crippen molar-refractivity contribution in [1.29, 1.82) is 0 Å². The van der Waals surface area contributed by atoms with Crippen LogP contribution < -0.4 is 10.6 Å². The molecule has 1 aliphatic carbocycles. The summed E-state index contributed by atoms with van der Waals surface area (Å²) in [6.07, 6.45) is 4.31. The first-order chi connectivity index (χ1) is 10.2. The molecule has 22 heavy (non-hydrogen) atoms. The summed E-state index contributed by atoms with van der Waals surface area (Å²) in [6, 6.07) is 1.09. The van der Waals surface area contributed by atoms with Gasteiger partial charge in [-0.1, -0.05) is 13.8 Å². The van der Waals surface area contributed by atoms with E-state index >= 15 is 0 Å². The van der Waals surface area contributed by atoms with Crippen LogP contribution in [0.3, 0.4) is 0 Å². The normalized spacial score (nSPS) is 31.8. The lowest BCUT2D eigenvalue weighted by Crippen LogP contribution is -2.56. The molecule has 1 saturated carbocycles. The molecule has 1 heterocycles. The lowest BCUT2D eigenvalue weighted by molar-refractivity contribution is 0.0494. The van der Waals surface area contributed by atoms with Crippen molar-refractivity contribution in [3.8, 4) is 0 Å². The van der Waals surface area contributed by atoms with Crippen LogP contribution in [0.25, 0.3) is 0 Å². The van der Waals surface area contributed by atoms with Crippen molar-refractivity contribution in [2.45, 2.75) is 84.0 Å². The summed E-state index contributed by atoms with van der Waals surface area (Å²) >= 11 is 2.04. The first-order valence-corrected chi connectivity index (χ1v) is 9.66. The van der Waals surface area contributed by atoms with Crippen LogP contribution in [0, 0.1) is 5.41 Å². The second kappa shape index (κ2) is 7.00. The Balaban J connectivity index is 1.89. The van der Waals surface area contributed by atoms with Crippen LogP contribution in [-0.4, -0.2) is 41.3 Å². The molecular formula is C17H32N2O2S. The number of thioether (sulfide) groups is 1. The van der Waals surface area contributed by atoms with E-state index in [0.29, 0.717) is 17.5 Å². The lowest BCUT2D eigenvalue weighted by atomic mass is 9.81. The van der Waals surface area contributed by atoms with Crippen molar-refractivity contribution in [1.82, 2.24) is 10.6 Å². The SMILES string of the molecule is CC(C)(C)OC(=O)NC1CCCC1NC1CSCCC1(C)C. The molecule has 1 aliphatic heterocycles. The van der Waals surface area contributed by atoms with Gasteiger partial charge in [0.25, 0.3) is 0 Å². The van der Waals surface area contributed by atoms with Crippen molar-refractivity contribution >= 4 is 17.9 Å². The Hall–Kier alpha value is -0.420. The highest BCUT2D eigenvalue weighted by Crippen LogP contribution is 2.35. The fourth-order valence-corrected chi connectivity index (χ4v) is 4.88. The van der Waals surface area contributed by atoms with Crippen LogP contribution in [0.5, 0.6) is 0 Å². The van der Waals surface area contributed by atoms with Crippen molar-refractivity contribution in [2.75, 3.05) is 11.5 Å². The third-order valence-corrected chi connectivity index (χ3v) is 5.81. The maximum absolute atomic E-state index is 12.0. The van der Waals surface area contributed by atoms with Gasteiger partial charge in [-0.2, -0.15) is 11.8 Å². The number of carbonyl (C=O) groups excluding carboxylic acids is 1. The third-order valence-electron chi connectivity index (χ3n) is 4.75. The predicted octanol–water partition coefficient (Wildman–Crippen LogP) is 3.55. The lowest BCUT2D eigenvalue weighted by Gasteiger charge is -2.41. The largest absolute Gasteiger partial charge is 0.444 e. The van der Waals surface area contributed by atoms with Crippen molar-refractivity contribution < 1.29 is 9.53 Å². The first kappa shape index (κ1) is 17.9. The monoisotopic (exact) mass is 328 g/mol. The van der Waals surface area contributed by atoms with E-state index in [-0.39, 0.29) is 12.1 Å². The van der Waals surface area contributed by atoms with Gasteiger partial charge in [-0.3, -0.25) is 0 Å². The third kappa shape index (κ3) is 5.05. The van der Waals surface area contributed by atoms with Gasteiger partial charge in [0.1, 0.15) is 5.60 Å². The fraction of sp³-hybridized carbons (Fsp3) is 0.941. The van der Waals surface area contributed by atoms with Crippen LogP contribution in [0.15, 0.2) is 0 Å². The molecule has 4 nitrogen and oxygen atoms in total. The number of nitrogens with one attached hydrogen (secondary N) is 2. The predicted molar refractivity (Wildman–Crippen MR) is 93.4 cm³/mol. The molecule has 0 aromatic rings. The molecule has 0 spiro atoms. The molecule has 0 bridgehead atoms. The first-order valence-electron chi connectivity index (χ1n) is 8.51. The number of alkyl carbamates (subject to hydrolysis) is 1. The van der Waals surface area contributed by atoms with Gasteiger partial charge in [-0.15, -0.1) is 0 Å². The van der Waals surface area contributed by atoms with Crippen LogP contribution in [-0.2, 0) is 4.74 Å². The molecule has 2 fully saturated rings. The minimum Gasteiger partial charge on any atom is -0.444 e. The molecule has 3 atom stereocenters. The van der Waals surface area contributed by atoms with Gasteiger partial charge in [0.15, 0.2) is 0 Å². The maximum Gasteiger partial charge on any atom is 0.407 e. The molecule has 3 unspecified atom stereocenters. The summed E-state index contributed by atoms with van der Waals surface area (Å²) < 4.78 is 5.40. The average Bonchev–Trinajstić information content (AvgIpc) is 2.76. The van der Waals surface area contributed by atoms with Crippen LogP contribution >= 0.6 is 11.8 Å². The molecule has 128 valence electrons. The van der Waals surface area contributed by atoms with Crippen LogP contribution in [0.1, 0.15) is 60.3 Å². The summed E-state index contributed by atoms with van der Waals surface area (Å²) in [5.74, 6) is 2.43. The summed E-state index contributed by atoms with van der Waals surface area (Å²) in [5, 5.41) is 6.91. The molecule has 0 radical (unpaired) electrons. The Morgan fingerprint density at radius 2 is 1.91 bits per heavy atom. The Kier molecular flexibility index (Phi) is 5.70. The van der Waals surface area contributed by atoms with Crippen molar-refractivity contribution in [3.05, 3.63) is 0 Å². The van der Waals surface area contributed by atoms with E-state index in [9.17, 15) is 4.79 Å². The van der Waals surface area contributed by atoms with Crippen molar-refractivity contribution in [3.63, 3.8) is 0 Å². The number of hydrogen-bond acceptors (Lipinski definition) is 4. The molecule has 5 heteroatoms. The number of hydrogen-bond donors (Lipinski definition) is 2. The number of amides is 1. The van der Waals surface area contributed by atoms with E-state index in [4.69, 9.17) is 4.74 Å². The number of ether oxygens (including phenoxy) is 1. The van der Waals surface area contributed by atoms with Crippen molar-refractivity contribution in [2.24, 2.45) is 5.41 Å². The maximum atomic E-state index is 12.0. The Morgan fingerprint density at radius 3 is 2.55 bits per heavy atom. The highest BCUT2D eigenvalue weighted by atomic mass is 32.2. The molecule has 1 saturated heterocycles. The second-order valence-electron chi connectivity index (χ2n) is 8.32. The quantitative estimate of drug-likeness (QED) is 0.832. The van der Waals surface area contributed by atoms with E-state index < -0.39 is 5.60 Å². The van der Waals surface area contributed by atoms with Gasteiger partial charge in [0, 0.05) is 23.9 Å². The van der Waals surface area contributed by atoms with Gasteiger partial charge in [0.05, 0.1) is 0 Å².